The van der Waals surface area contributed by atoms with Crippen LogP contribution < -0.4 is 5.32 Å². The van der Waals surface area contributed by atoms with E-state index in [0.29, 0.717) is 23.7 Å². The summed E-state index contributed by atoms with van der Waals surface area (Å²) in [6.07, 6.45) is 6.18. The molecule has 0 spiro atoms. The number of hydrogen-bond acceptors (Lipinski definition) is 2. The van der Waals surface area contributed by atoms with Crippen molar-refractivity contribution in [3.63, 3.8) is 0 Å². The second kappa shape index (κ2) is 5.04. The van der Waals surface area contributed by atoms with Crippen molar-refractivity contribution in [2.75, 3.05) is 0 Å². The van der Waals surface area contributed by atoms with Crippen LogP contribution in [-0.4, -0.2) is 11.9 Å². The van der Waals surface area contributed by atoms with Gasteiger partial charge in [-0.3, -0.25) is 4.79 Å². The molecule has 2 saturated carbocycles. The van der Waals surface area contributed by atoms with Gasteiger partial charge in [-0.15, -0.1) is 11.3 Å². The summed E-state index contributed by atoms with van der Waals surface area (Å²) in [5.41, 5.74) is 0. The predicted octanol–water partition coefficient (Wildman–Crippen LogP) is 3.23. The molecule has 1 aromatic heterocycles. The Kier molecular flexibility index (Phi) is 3.42. The summed E-state index contributed by atoms with van der Waals surface area (Å²) in [4.78, 5) is 13.6. The van der Waals surface area contributed by atoms with Gasteiger partial charge in [0.2, 0.25) is 5.91 Å². The van der Waals surface area contributed by atoms with Gasteiger partial charge in [-0.05, 0) is 43.0 Å². The molecule has 1 amide bonds. The molecule has 0 bridgehead atoms. The van der Waals surface area contributed by atoms with Gasteiger partial charge in [-0.1, -0.05) is 18.9 Å². The second-order valence-corrected chi connectivity index (χ2v) is 6.86. The van der Waals surface area contributed by atoms with Crippen LogP contribution >= 0.6 is 11.3 Å². The Balaban J connectivity index is 1.49. The summed E-state index contributed by atoms with van der Waals surface area (Å²) >= 11 is 1.77. The van der Waals surface area contributed by atoms with Crippen molar-refractivity contribution in [2.24, 2.45) is 17.8 Å². The van der Waals surface area contributed by atoms with E-state index in [4.69, 9.17) is 0 Å². The number of amides is 1. The van der Waals surface area contributed by atoms with E-state index in [1.807, 2.05) is 0 Å². The van der Waals surface area contributed by atoms with Gasteiger partial charge in [0.15, 0.2) is 0 Å². The zero-order chi connectivity index (χ0) is 12.5. The molecule has 1 N–H and O–H groups in total. The summed E-state index contributed by atoms with van der Waals surface area (Å²) in [5.74, 6) is 2.09. The maximum absolute atomic E-state index is 12.2. The Labute approximate surface area is 113 Å². The third-order valence-corrected chi connectivity index (χ3v) is 5.33. The molecule has 1 heterocycles. The summed E-state index contributed by atoms with van der Waals surface area (Å²) in [6, 6.07) is 4.48. The van der Waals surface area contributed by atoms with E-state index in [0.717, 1.165) is 6.42 Å². The molecule has 2 aliphatic rings. The van der Waals surface area contributed by atoms with Crippen molar-refractivity contribution >= 4 is 17.2 Å². The molecule has 0 aromatic carbocycles. The van der Waals surface area contributed by atoms with Crippen molar-refractivity contribution in [2.45, 2.75) is 45.1 Å². The largest absolute Gasteiger partial charge is 0.353 e. The molecule has 4 atom stereocenters. The van der Waals surface area contributed by atoms with Gasteiger partial charge in [0.25, 0.3) is 0 Å². The van der Waals surface area contributed by atoms with Crippen LogP contribution in [-0.2, 0) is 11.2 Å². The number of carbonyl (C=O) groups is 1. The van der Waals surface area contributed by atoms with Crippen molar-refractivity contribution in [3.05, 3.63) is 22.4 Å². The first-order valence-corrected chi connectivity index (χ1v) is 7.96. The normalized spacial score (nSPS) is 31.5. The standard InChI is InChI=1S/C15H21NOS/c1-10(9-11-5-4-8-18-11)16-15(17)14-12-6-2-3-7-13(12)14/h4-5,8,10,12-14H,2-3,6-7,9H2,1H3,(H,16,17)/t10-,12-,13+,14?/m1/s1. The molecule has 98 valence electrons. The molecule has 2 aliphatic carbocycles. The molecular formula is C15H21NOS. The van der Waals surface area contributed by atoms with Crippen LogP contribution in [0.4, 0.5) is 0 Å². The molecule has 0 radical (unpaired) electrons. The van der Waals surface area contributed by atoms with Crippen molar-refractivity contribution in [3.8, 4) is 0 Å². The SMILES string of the molecule is C[C@H](Cc1cccs1)NC(=O)C1[C@H]2CCCC[C@@H]12. The second-order valence-electron chi connectivity index (χ2n) is 5.83. The average Bonchev–Trinajstić information content (AvgIpc) is 2.87. The Morgan fingerprint density at radius 2 is 2.17 bits per heavy atom. The first kappa shape index (κ1) is 12.2. The minimum absolute atomic E-state index is 0.263. The number of thiophene rings is 1. The highest BCUT2D eigenvalue weighted by atomic mass is 32.1. The Bertz CT molecular complexity index is 402. The molecule has 0 saturated heterocycles. The van der Waals surface area contributed by atoms with Gasteiger partial charge in [-0.2, -0.15) is 0 Å². The summed E-state index contributed by atoms with van der Waals surface area (Å²) < 4.78 is 0. The lowest BCUT2D eigenvalue weighted by Crippen LogP contribution is -2.35. The van der Waals surface area contributed by atoms with Crippen LogP contribution in [0.3, 0.4) is 0 Å². The Hall–Kier alpha value is -0.830. The van der Waals surface area contributed by atoms with Gasteiger partial charge in [0.05, 0.1) is 0 Å². The molecule has 3 rings (SSSR count). The van der Waals surface area contributed by atoms with E-state index < -0.39 is 0 Å². The van der Waals surface area contributed by atoms with Gasteiger partial charge >= 0.3 is 0 Å². The van der Waals surface area contributed by atoms with Gasteiger partial charge in [-0.25, -0.2) is 0 Å². The third kappa shape index (κ3) is 2.46. The fourth-order valence-electron chi connectivity index (χ4n) is 3.50. The fraction of sp³-hybridized carbons (Fsp3) is 0.667. The van der Waals surface area contributed by atoms with Crippen LogP contribution in [0.2, 0.25) is 0 Å². The maximum Gasteiger partial charge on any atom is 0.223 e. The highest BCUT2D eigenvalue weighted by Crippen LogP contribution is 2.55. The number of carbonyl (C=O) groups excluding carboxylic acids is 1. The van der Waals surface area contributed by atoms with Crippen LogP contribution in [0, 0.1) is 17.8 Å². The lowest BCUT2D eigenvalue weighted by atomic mass is 10.0. The van der Waals surface area contributed by atoms with E-state index in [1.165, 1.54) is 30.6 Å². The lowest BCUT2D eigenvalue weighted by molar-refractivity contribution is -0.123. The van der Waals surface area contributed by atoms with Gasteiger partial charge < -0.3 is 5.32 Å². The van der Waals surface area contributed by atoms with E-state index in [9.17, 15) is 4.79 Å². The first-order chi connectivity index (χ1) is 8.75. The van der Waals surface area contributed by atoms with E-state index >= 15 is 0 Å². The highest BCUT2D eigenvalue weighted by molar-refractivity contribution is 7.09. The predicted molar refractivity (Wildman–Crippen MR) is 74.6 cm³/mol. The quantitative estimate of drug-likeness (QED) is 0.888. The molecule has 2 fully saturated rings. The van der Waals surface area contributed by atoms with Gasteiger partial charge in [0, 0.05) is 23.3 Å². The molecule has 1 aromatic rings. The average molecular weight is 263 g/mol. The smallest absolute Gasteiger partial charge is 0.223 e. The minimum atomic E-state index is 0.263. The Morgan fingerprint density at radius 3 is 2.78 bits per heavy atom. The van der Waals surface area contributed by atoms with Crippen LogP contribution in [0.25, 0.3) is 0 Å². The number of hydrogen-bond donors (Lipinski definition) is 1. The number of rotatable bonds is 4. The summed E-state index contributed by atoms with van der Waals surface area (Å²) in [7, 11) is 0. The van der Waals surface area contributed by atoms with E-state index in [2.05, 4.69) is 29.8 Å². The highest BCUT2D eigenvalue weighted by Gasteiger charge is 2.54. The van der Waals surface area contributed by atoms with Gasteiger partial charge in [0.1, 0.15) is 0 Å². The summed E-state index contributed by atoms with van der Waals surface area (Å²) in [6.45, 7) is 2.11. The molecule has 2 nitrogen and oxygen atoms in total. The van der Waals surface area contributed by atoms with E-state index in [1.54, 1.807) is 11.3 Å². The molecule has 18 heavy (non-hydrogen) atoms. The lowest BCUT2D eigenvalue weighted by Gasteiger charge is -2.12. The zero-order valence-corrected chi connectivity index (χ0v) is 11.7. The molecular weight excluding hydrogens is 242 g/mol. The van der Waals surface area contributed by atoms with Crippen LogP contribution in [0.5, 0.6) is 0 Å². The Morgan fingerprint density at radius 1 is 1.44 bits per heavy atom. The fourth-order valence-corrected chi connectivity index (χ4v) is 4.34. The molecule has 3 heteroatoms. The molecule has 0 aliphatic heterocycles. The minimum Gasteiger partial charge on any atom is -0.353 e. The van der Waals surface area contributed by atoms with Crippen molar-refractivity contribution < 1.29 is 4.79 Å². The van der Waals surface area contributed by atoms with E-state index in [-0.39, 0.29) is 6.04 Å². The maximum atomic E-state index is 12.2. The number of fused-ring (bicyclic) bond motifs is 1. The summed E-state index contributed by atoms with van der Waals surface area (Å²) in [5, 5.41) is 5.30. The third-order valence-electron chi connectivity index (χ3n) is 4.44. The monoisotopic (exact) mass is 263 g/mol. The van der Waals surface area contributed by atoms with Crippen molar-refractivity contribution in [1.29, 1.82) is 0 Å². The van der Waals surface area contributed by atoms with Crippen LogP contribution in [0.15, 0.2) is 17.5 Å². The zero-order valence-electron chi connectivity index (χ0n) is 10.9. The number of nitrogens with one attached hydrogen (secondary N) is 1. The van der Waals surface area contributed by atoms with Crippen molar-refractivity contribution in [1.82, 2.24) is 5.32 Å². The first-order valence-electron chi connectivity index (χ1n) is 7.08. The molecule has 1 unspecified atom stereocenters. The van der Waals surface area contributed by atoms with Crippen LogP contribution in [0.1, 0.15) is 37.5 Å². The topological polar surface area (TPSA) is 29.1 Å².